The number of methoxy groups -OCH3 is 1. The lowest BCUT2D eigenvalue weighted by molar-refractivity contribution is -0.312. The molecule has 1 atom stereocenters. The van der Waals surface area contributed by atoms with Crippen molar-refractivity contribution in [3.05, 3.63) is 79.3 Å². The highest BCUT2D eigenvalue weighted by Gasteiger charge is 2.35. The van der Waals surface area contributed by atoms with Crippen LogP contribution in [0.5, 0.6) is 17.2 Å². The van der Waals surface area contributed by atoms with Crippen molar-refractivity contribution >= 4 is 17.6 Å². The molecule has 0 saturated heterocycles. The van der Waals surface area contributed by atoms with E-state index in [1.54, 1.807) is 6.07 Å². The van der Waals surface area contributed by atoms with Gasteiger partial charge < -0.3 is 24.1 Å². The van der Waals surface area contributed by atoms with Gasteiger partial charge in [0.15, 0.2) is 11.5 Å². The van der Waals surface area contributed by atoms with Crippen LogP contribution in [0.25, 0.3) is 5.69 Å². The van der Waals surface area contributed by atoms with Crippen LogP contribution in [0.1, 0.15) is 18.2 Å². The van der Waals surface area contributed by atoms with Crippen molar-refractivity contribution in [3.8, 4) is 22.9 Å². The smallest absolute Gasteiger partial charge is 0.431 e. The number of ether oxygens (including phenoxy) is 3. The Morgan fingerprint density at radius 3 is 2.38 bits per heavy atom. The third-order valence-electron chi connectivity index (χ3n) is 5.11. The molecule has 0 bridgehead atoms. The molecule has 1 aromatic heterocycles. The van der Waals surface area contributed by atoms with Gasteiger partial charge in [0.2, 0.25) is 0 Å². The maximum atomic E-state index is 14.7. The van der Waals surface area contributed by atoms with Gasteiger partial charge in [0.05, 0.1) is 23.8 Å². The molecule has 2 aromatic carbocycles. The molecule has 1 unspecified atom stereocenters. The summed E-state index contributed by atoms with van der Waals surface area (Å²) in [5.41, 5.74) is -4.62. The number of benzene rings is 2. The summed E-state index contributed by atoms with van der Waals surface area (Å²) in [6.07, 6.45) is -6.29. The van der Waals surface area contributed by atoms with Gasteiger partial charge in [-0.05, 0) is 30.7 Å². The van der Waals surface area contributed by atoms with Gasteiger partial charge in [-0.2, -0.15) is 13.2 Å². The number of nitrogens with zero attached hydrogens (tertiary/aromatic N) is 2. The van der Waals surface area contributed by atoms with Gasteiger partial charge in [-0.15, -0.1) is 0 Å². The maximum absolute atomic E-state index is 14.7. The van der Waals surface area contributed by atoms with E-state index in [1.807, 2.05) is 0 Å². The first-order valence-electron chi connectivity index (χ1n) is 10.3. The fourth-order valence-corrected chi connectivity index (χ4v) is 3.43. The fraction of sp³-hybridized carbons (Fsp3) is 0.261. The van der Waals surface area contributed by atoms with E-state index in [0.717, 1.165) is 19.2 Å². The first kappa shape index (κ1) is 27.6. The zero-order valence-electron chi connectivity index (χ0n) is 19.4. The first-order valence-corrected chi connectivity index (χ1v) is 10.7. The average molecular weight is 546 g/mol. The Hall–Kier alpha value is -4.00. The number of carboxylic acids is 1. The van der Waals surface area contributed by atoms with Gasteiger partial charge in [0.1, 0.15) is 30.0 Å². The number of carboxylic acid groups (broad SMARTS) is 1. The molecule has 0 spiro atoms. The Bertz CT molecular complexity index is 1470. The second kappa shape index (κ2) is 10.5. The van der Waals surface area contributed by atoms with E-state index in [4.69, 9.17) is 25.8 Å². The van der Waals surface area contributed by atoms with Crippen molar-refractivity contribution in [2.75, 3.05) is 7.11 Å². The van der Waals surface area contributed by atoms with Crippen molar-refractivity contribution in [1.29, 1.82) is 0 Å². The molecule has 0 fully saturated rings. The summed E-state index contributed by atoms with van der Waals surface area (Å²) in [7, 11) is 2.13. The Balaban J connectivity index is 1.98. The third-order valence-corrected chi connectivity index (χ3v) is 5.41. The second-order valence-corrected chi connectivity index (χ2v) is 8.04. The summed E-state index contributed by atoms with van der Waals surface area (Å²) in [4.78, 5) is 35.9. The zero-order valence-corrected chi connectivity index (χ0v) is 20.1. The zero-order chi connectivity index (χ0) is 27.7. The van der Waals surface area contributed by atoms with Crippen molar-refractivity contribution < 1.29 is 41.7 Å². The van der Waals surface area contributed by atoms with Gasteiger partial charge >= 0.3 is 11.9 Å². The largest absolute Gasteiger partial charge is 0.546 e. The Kier molecular flexibility index (Phi) is 7.86. The predicted molar refractivity (Wildman–Crippen MR) is 120 cm³/mol. The third kappa shape index (κ3) is 5.88. The number of alkyl halides is 3. The summed E-state index contributed by atoms with van der Waals surface area (Å²) >= 11 is 6.03. The fourth-order valence-electron chi connectivity index (χ4n) is 3.22. The summed E-state index contributed by atoms with van der Waals surface area (Å²) in [6.45, 7) is 1.02. The minimum absolute atomic E-state index is 0.0611. The molecular weight excluding hydrogens is 528 g/mol. The highest BCUT2D eigenvalue weighted by atomic mass is 35.5. The molecule has 0 radical (unpaired) electrons. The average Bonchev–Trinajstić information content (AvgIpc) is 2.81. The Labute approximate surface area is 211 Å². The van der Waals surface area contributed by atoms with Crippen LogP contribution < -0.4 is 30.6 Å². The monoisotopic (exact) mass is 545 g/mol. The molecule has 3 aromatic rings. The number of aromatic nitrogens is 2. The number of rotatable bonds is 8. The normalized spacial score (nSPS) is 12.2. The predicted octanol–water partition coefficient (Wildman–Crippen LogP) is 2.45. The van der Waals surface area contributed by atoms with Crippen LogP contribution in [-0.4, -0.2) is 28.3 Å². The molecule has 0 aliphatic heterocycles. The van der Waals surface area contributed by atoms with Crippen LogP contribution in [0.2, 0.25) is 5.02 Å². The lowest BCUT2D eigenvalue weighted by atomic mass is 10.2. The summed E-state index contributed by atoms with van der Waals surface area (Å²) < 4.78 is 70.4. The highest BCUT2D eigenvalue weighted by Crippen LogP contribution is 2.32. The highest BCUT2D eigenvalue weighted by molar-refractivity contribution is 6.32. The number of carbonyl (C=O) groups excluding carboxylic acids is 1. The molecule has 0 saturated carbocycles. The molecule has 0 aliphatic carbocycles. The van der Waals surface area contributed by atoms with E-state index >= 15 is 0 Å². The summed E-state index contributed by atoms with van der Waals surface area (Å²) in [6, 6.07) is 6.23. The van der Waals surface area contributed by atoms with Crippen LogP contribution in [0, 0.1) is 5.82 Å². The van der Waals surface area contributed by atoms with Gasteiger partial charge in [-0.25, -0.2) is 13.8 Å². The molecule has 9 nitrogen and oxygen atoms in total. The second-order valence-electron chi connectivity index (χ2n) is 7.63. The minimum atomic E-state index is -4.99. The van der Waals surface area contributed by atoms with Gasteiger partial charge in [0.25, 0.3) is 5.56 Å². The lowest BCUT2D eigenvalue weighted by Crippen LogP contribution is -2.41. The van der Waals surface area contributed by atoms with Crippen LogP contribution in [-0.2, 0) is 24.6 Å². The minimum Gasteiger partial charge on any atom is -0.546 e. The molecule has 3 rings (SSSR count). The molecule has 198 valence electrons. The van der Waals surface area contributed by atoms with E-state index in [9.17, 15) is 37.1 Å². The summed E-state index contributed by atoms with van der Waals surface area (Å²) in [5.74, 6) is -2.54. The standard InChI is InChI=1S/C23H19ClF4N2O7/c1-11(21(32)33)37-18-6-12(4-5-16(18)35-3)10-36-17-8-15(14(25)7-13(17)24)30-20(31)9-19(23(26,27)28)29(2)22(30)34/h4-9,11H,10H2,1-3H3,(H,32,33)/p-1. The molecular formula is C23H18ClF4N2O7-. The number of halogens is 5. The Morgan fingerprint density at radius 2 is 1.78 bits per heavy atom. The van der Waals surface area contributed by atoms with E-state index in [2.05, 4.69) is 0 Å². The van der Waals surface area contributed by atoms with E-state index in [1.165, 1.54) is 26.2 Å². The molecule has 37 heavy (non-hydrogen) atoms. The SMILES string of the molecule is COc1ccc(COc2cc(-n3c(=O)cc(C(F)(F)F)n(C)c3=O)c(F)cc2Cl)cc1OC(C)C(=O)[O-]. The molecule has 0 amide bonds. The molecule has 1 heterocycles. The topological polar surface area (TPSA) is 112 Å². The van der Waals surface area contributed by atoms with Crippen LogP contribution >= 0.6 is 11.6 Å². The van der Waals surface area contributed by atoms with Crippen molar-refractivity contribution in [2.45, 2.75) is 25.8 Å². The van der Waals surface area contributed by atoms with Crippen molar-refractivity contribution in [2.24, 2.45) is 7.05 Å². The van der Waals surface area contributed by atoms with Crippen molar-refractivity contribution in [3.63, 3.8) is 0 Å². The lowest BCUT2D eigenvalue weighted by Gasteiger charge is -2.18. The molecule has 0 N–H and O–H groups in total. The molecule has 14 heteroatoms. The van der Waals surface area contributed by atoms with Crippen LogP contribution in [0.15, 0.2) is 46.0 Å². The van der Waals surface area contributed by atoms with Crippen LogP contribution in [0.3, 0.4) is 0 Å². The number of aliphatic carboxylic acids is 1. The first-order chi connectivity index (χ1) is 17.2. The van der Waals surface area contributed by atoms with Gasteiger partial charge in [0, 0.05) is 19.2 Å². The van der Waals surface area contributed by atoms with Crippen LogP contribution in [0.4, 0.5) is 17.6 Å². The Morgan fingerprint density at radius 1 is 1.11 bits per heavy atom. The summed E-state index contributed by atoms with van der Waals surface area (Å²) in [5, 5.41) is 10.7. The quantitative estimate of drug-likeness (QED) is 0.400. The number of hydrogen-bond donors (Lipinski definition) is 0. The van der Waals surface area contributed by atoms with E-state index in [0.29, 0.717) is 5.56 Å². The van der Waals surface area contributed by atoms with Gasteiger partial charge in [-0.1, -0.05) is 17.7 Å². The van der Waals surface area contributed by atoms with E-state index in [-0.39, 0.29) is 44.1 Å². The maximum Gasteiger partial charge on any atom is 0.431 e. The van der Waals surface area contributed by atoms with E-state index < -0.39 is 46.7 Å². The number of carbonyl (C=O) groups is 1. The molecule has 0 aliphatic rings. The van der Waals surface area contributed by atoms with Gasteiger partial charge in [-0.3, -0.25) is 9.36 Å². The number of hydrogen-bond acceptors (Lipinski definition) is 7. The van der Waals surface area contributed by atoms with Crippen molar-refractivity contribution in [1.82, 2.24) is 9.13 Å².